The zero-order valence-corrected chi connectivity index (χ0v) is 14.0. The molecule has 0 amide bonds. The molecule has 3 rings (SSSR count). The van der Waals surface area contributed by atoms with Crippen molar-refractivity contribution in [1.29, 1.82) is 0 Å². The molecular weight excluding hydrogens is 298 g/mol. The molecule has 1 aromatic carbocycles. The number of halogens is 1. The minimum Gasteiger partial charge on any atom is -0.423 e. The van der Waals surface area contributed by atoms with E-state index in [-0.39, 0.29) is 5.63 Å². The van der Waals surface area contributed by atoms with E-state index in [1.807, 2.05) is 19.1 Å². The molecule has 0 aliphatic heterocycles. The molecule has 22 heavy (non-hydrogen) atoms. The van der Waals surface area contributed by atoms with Gasteiger partial charge in [-0.05, 0) is 43.9 Å². The average molecular weight is 321 g/mol. The van der Waals surface area contributed by atoms with Gasteiger partial charge in [-0.2, -0.15) is 0 Å². The number of quaternary nitrogens is 1. The number of benzene rings is 1. The quantitative estimate of drug-likeness (QED) is 0.881. The van der Waals surface area contributed by atoms with Crippen molar-refractivity contribution in [1.82, 2.24) is 0 Å². The summed E-state index contributed by atoms with van der Waals surface area (Å²) in [7, 11) is 0. The van der Waals surface area contributed by atoms with Crippen LogP contribution in [0.15, 0.2) is 27.4 Å². The summed E-state index contributed by atoms with van der Waals surface area (Å²) in [6, 6.07) is 6.03. The van der Waals surface area contributed by atoms with Crippen LogP contribution in [-0.2, 0) is 6.54 Å². The van der Waals surface area contributed by atoms with Gasteiger partial charge in [0.1, 0.15) is 12.1 Å². The van der Waals surface area contributed by atoms with Crippen LogP contribution >= 0.6 is 11.6 Å². The Morgan fingerprint density at radius 2 is 2.05 bits per heavy atom. The Balaban J connectivity index is 1.89. The van der Waals surface area contributed by atoms with Crippen molar-refractivity contribution in [2.45, 2.75) is 52.1 Å². The fourth-order valence-electron chi connectivity index (χ4n) is 3.49. The maximum atomic E-state index is 11.8. The second-order valence-corrected chi connectivity index (χ2v) is 6.96. The predicted octanol–water partition coefficient (Wildman–Crippen LogP) is 3.40. The summed E-state index contributed by atoms with van der Waals surface area (Å²) in [5.41, 5.74) is 2.30. The lowest BCUT2D eigenvalue weighted by Crippen LogP contribution is -2.90. The van der Waals surface area contributed by atoms with Crippen molar-refractivity contribution in [2.75, 3.05) is 0 Å². The number of nitrogens with two attached hydrogens (primary N) is 1. The molecule has 2 N–H and O–H groups in total. The summed E-state index contributed by atoms with van der Waals surface area (Å²) in [4.78, 5) is 11.8. The maximum absolute atomic E-state index is 11.8. The Kier molecular flexibility index (Phi) is 4.55. The predicted molar refractivity (Wildman–Crippen MR) is 89.3 cm³/mol. The van der Waals surface area contributed by atoms with Crippen LogP contribution in [0.2, 0.25) is 5.02 Å². The molecule has 0 spiro atoms. The van der Waals surface area contributed by atoms with Crippen LogP contribution < -0.4 is 10.9 Å². The highest BCUT2D eigenvalue weighted by Gasteiger charge is 2.24. The minimum atomic E-state index is -0.283. The van der Waals surface area contributed by atoms with Gasteiger partial charge in [-0.15, -0.1) is 0 Å². The SMILES string of the molecule is Cc1cc2oc(=O)cc(C[NH2+][C@@H]3CCCC[C@H]3C)c2cc1Cl. The monoisotopic (exact) mass is 320 g/mol. The molecule has 1 aromatic heterocycles. The Morgan fingerprint density at radius 1 is 1.27 bits per heavy atom. The standard InChI is InChI=1S/C18H22ClNO2/c1-11-5-3-4-6-16(11)20-10-13-8-18(21)22-17-7-12(2)15(19)9-14(13)17/h7-9,11,16,20H,3-6,10H2,1-2H3/p+1/t11-,16-/m1/s1. The van der Waals surface area contributed by atoms with Crippen LogP contribution in [0.3, 0.4) is 0 Å². The molecule has 4 heteroatoms. The lowest BCUT2D eigenvalue weighted by Gasteiger charge is -2.26. The molecule has 2 atom stereocenters. The lowest BCUT2D eigenvalue weighted by molar-refractivity contribution is -0.712. The third-order valence-corrected chi connectivity index (χ3v) is 5.33. The van der Waals surface area contributed by atoms with Gasteiger partial charge in [0.2, 0.25) is 0 Å². The van der Waals surface area contributed by atoms with E-state index in [0.29, 0.717) is 16.6 Å². The maximum Gasteiger partial charge on any atom is 0.336 e. The van der Waals surface area contributed by atoms with Crippen LogP contribution in [0.4, 0.5) is 0 Å². The van der Waals surface area contributed by atoms with Crippen LogP contribution in [-0.4, -0.2) is 6.04 Å². The Bertz CT molecular complexity index is 738. The van der Waals surface area contributed by atoms with Gasteiger partial charge in [0.05, 0.1) is 6.04 Å². The summed E-state index contributed by atoms with van der Waals surface area (Å²) in [5, 5.41) is 4.05. The van der Waals surface area contributed by atoms with Gasteiger partial charge in [0.15, 0.2) is 0 Å². The van der Waals surface area contributed by atoms with Gasteiger partial charge in [-0.25, -0.2) is 4.79 Å². The average Bonchev–Trinajstić information content (AvgIpc) is 2.48. The van der Waals surface area contributed by atoms with Gasteiger partial charge < -0.3 is 9.73 Å². The summed E-state index contributed by atoms with van der Waals surface area (Å²) >= 11 is 6.24. The van der Waals surface area contributed by atoms with E-state index < -0.39 is 0 Å². The van der Waals surface area contributed by atoms with Crippen molar-refractivity contribution in [3.63, 3.8) is 0 Å². The second-order valence-electron chi connectivity index (χ2n) is 6.55. The summed E-state index contributed by atoms with van der Waals surface area (Å²) in [6.07, 6.45) is 5.23. The molecule has 1 aliphatic carbocycles. The molecule has 1 heterocycles. The number of hydrogen-bond donors (Lipinski definition) is 1. The molecule has 3 nitrogen and oxygen atoms in total. The zero-order chi connectivity index (χ0) is 15.7. The second kappa shape index (κ2) is 6.43. The molecule has 1 fully saturated rings. The van der Waals surface area contributed by atoms with E-state index in [9.17, 15) is 4.79 Å². The third kappa shape index (κ3) is 3.21. The Hall–Kier alpha value is -1.32. The topological polar surface area (TPSA) is 46.8 Å². The summed E-state index contributed by atoms with van der Waals surface area (Å²) in [6.45, 7) is 5.05. The fourth-order valence-corrected chi connectivity index (χ4v) is 3.65. The molecule has 0 unspecified atom stereocenters. The number of aryl methyl sites for hydroxylation is 1. The van der Waals surface area contributed by atoms with Crippen molar-refractivity contribution in [2.24, 2.45) is 5.92 Å². The first kappa shape index (κ1) is 15.6. The molecule has 118 valence electrons. The Morgan fingerprint density at radius 3 is 2.82 bits per heavy atom. The van der Waals surface area contributed by atoms with Gasteiger partial charge in [0.25, 0.3) is 0 Å². The number of hydrogen-bond acceptors (Lipinski definition) is 2. The highest BCUT2D eigenvalue weighted by atomic mass is 35.5. The van der Waals surface area contributed by atoms with Crippen molar-refractivity contribution >= 4 is 22.6 Å². The van der Waals surface area contributed by atoms with Crippen LogP contribution in [0.25, 0.3) is 11.0 Å². The van der Waals surface area contributed by atoms with Gasteiger partial charge in [-0.1, -0.05) is 24.9 Å². The molecule has 0 bridgehead atoms. The molecule has 0 saturated heterocycles. The fraction of sp³-hybridized carbons (Fsp3) is 0.500. The summed E-state index contributed by atoms with van der Waals surface area (Å²) in [5.74, 6) is 0.742. The van der Waals surface area contributed by atoms with Gasteiger partial charge in [0, 0.05) is 28.0 Å². The van der Waals surface area contributed by atoms with E-state index in [4.69, 9.17) is 16.0 Å². The first-order chi connectivity index (χ1) is 10.5. The van der Waals surface area contributed by atoms with Crippen molar-refractivity contribution in [3.05, 3.63) is 44.8 Å². The lowest BCUT2D eigenvalue weighted by atomic mass is 9.86. The Labute approximate surface area is 135 Å². The van der Waals surface area contributed by atoms with Crippen LogP contribution in [0.5, 0.6) is 0 Å². The number of rotatable bonds is 3. The zero-order valence-electron chi connectivity index (χ0n) is 13.2. The van der Waals surface area contributed by atoms with Crippen molar-refractivity contribution in [3.8, 4) is 0 Å². The number of fused-ring (bicyclic) bond motifs is 1. The van der Waals surface area contributed by atoms with E-state index in [1.54, 1.807) is 6.07 Å². The van der Waals surface area contributed by atoms with E-state index in [1.165, 1.54) is 25.7 Å². The normalized spacial score (nSPS) is 22.1. The van der Waals surface area contributed by atoms with Crippen LogP contribution in [0, 0.1) is 12.8 Å². The highest BCUT2D eigenvalue weighted by Crippen LogP contribution is 2.25. The third-order valence-electron chi connectivity index (χ3n) is 4.93. The smallest absolute Gasteiger partial charge is 0.336 e. The largest absolute Gasteiger partial charge is 0.423 e. The highest BCUT2D eigenvalue weighted by molar-refractivity contribution is 6.32. The first-order valence-electron chi connectivity index (χ1n) is 8.11. The molecule has 1 saturated carbocycles. The van der Waals surface area contributed by atoms with E-state index in [0.717, 1.165) is 29.0 Å². The van der Waals surface area contributed by atoms with Gasteiger partial charge in [-0.3, -0.25) is 0 Å². The molecule has 1 aliphatic rings. The molecular formula is C18H23ClNO2+. The van der Waals surface area contributed by atoms with Crippen LogP contribution in [0.1, 0.15) is 43.7 Å². The molecule has 2 aromatic rings. The summed E-state index contributed by atoms with van der Waals surface area (Å²) < 4.78 is 5.32. The van der Waals surface area contributed by atoms with E-state index in [2.05, 4.69) is 12.2 Å². The van der Waals surface area contributed by atoms with Crippen molar-refractivity contribution < 1.29 is 9.73 Å². The van der Waals surface area contributed by atoms with Gasteiger partial charge >= 0.3 is 5.63 Å². The minimum absolute atomic E-state index is 0.283. The first-order valence-corrected chi connectivity index (χ1v) is 8.48. The van der Waals surface area contributed by atoms with E-state index >= 15 is 0 Å². The molecule has 0 radical (unpaired) electrons.